The Morgan fingerprint density at radius 1 is 1.37 bits per heavy atom. The summed E-state index contributed by atoms with van der Waals surface area (Å²) in [4.78, 5) is 27.1. The number of aromatic nitrogens is 3. The summed E-state index contributed by atoms with van der Waals surface area (Å²) in [7, 11) is 0. The monoisotopic (exact) mass is 388 g/mol. The van der Waals surface area contributed by atoms with Gasteiger partial charge in [0, 0.05) is 25.8 Å². The summed E-state index contributed by atoms with van der Waals surface area (Å²) in [5, 5.41) is 8.07. The van der Waals surface area contributed by atoms with E-state index in [4.69, 9.17) is 0 Å². The molecule has 0 bridgehead atoms. The van der Waals surface area contributed by atoms with Crippen LogP contribution in [0.2, 0.25) is 0 Å². The minimum atomic E-state index is -0.397. The third kappa shape index (κ3) is 4.37. The first-order chi connectivity index (χ1) is 13.2. The number of carbonyl (C=O) groups excluding carboxylic acids is 1. The number of thiophene rings is 1. The first-order valence-corrected chi connectivity index (χ1v) is 9.67. The lowest BCUT2D eigenvalue weighted by Crippen LogP contribution is -2.30. The number of amides is 1. The number of rotatable bonds is 4. The Bertz CT molecular complexity index is 925. The molecule has 4 rings (SSSR count). The Kier molecular flexibility index (Phi) is 6.25. The van der Waals surface area contributed by atoms with Crippen LogP contribution in [0.4, 0.5) is 10.3 Å². The SMILES string of the molecule is CC.O=C(c1nc(NCc2cncc(F)c2)nc2ccsc12)N1CCNC1. The molecule has 1 amide bonds. The van der Waals surface area contributed by atoms with Gasteiger partial charge in [0.05, 0.1) is 23.1 Å². The normalized spacial score (nSPS) is 13.4. The van der Waals surface area contributed by atoms with E-state index in [9.17, 15) is 9.18 Å². The number of fused-ring (bicyclic) bond motifs is 1. The Hall–Kier alpha value is -2.65. The highest BCUT2D eigenvalue weighted by atomic mass is 32.1. The standard InChI is InChI=1S/C16H15FN6OS.C2H6/c17-11-5-10(6-19-8-11)7-20-16-21-12-1-4-25-14(12)13(22-16)15(24)23-3-2-18-9-23;1-2/h1,4-6,8,18H,2-3,7,9H2,(H,20,21,22);1-2H3. The second-order valence-electron chi connectivity index (χ2n) is 5.62. The van der Waals surface area contributed by atoms with Gasteiger partial charge in [-0.1, -0.05) is 13.8 Å². The van der Waals surface area contributed by atoms with Crippen molar-refractivity contribution in [2.24, 2.45) is 0 Å². The summed E-state index contributed by atoms with van der Waals surface area (Å²) in [6, 6.07) is 3.25. The maximum Gasteiger partial charge on any atom is 0.275 e. The van der Waals surface area contributed by atoms with E-state index in [2.05, 4.69) is 25.6 Å². The van der Waals surface area contributed by atoms with Crippen molar-refractivity contribution in [1.29, 1.82) is 0 Å². The van der Waals surface area contributed by atoms with E-state index >= 15 is 0 Å². The lowest BCUT2D eigenvalue weighted by Gasteiger charge is -2.15. The maximum atomic E-state index is 13.2. The molecule has 1 aliphatic rings. The Morgan fingerprint density at radius 2 is 2.22 bits per heavy atom. The fourth-order valence-electron chi connectivity index (χ4n) is 2.65. The van der Waals surface area contributed by atoms with Gasteiger partial charge in [0.15, 0.2) is 5.69 Å². The fraction of sp³-hybridized carbons (Fsp3) is 0.333. The van der Waals surface area contributed by atoms with Gasteiger partial charge in [-0.15, -0.1) is 11.3 Å². The average molecular weight is 388 g/mol. The molecular formula is C18H21FN6OS. The molecule has 1 saturated heterocycles. The lowest BCUT2D eigenvalue weighted by molar-refractivity contribution is 0.0788. The molecule has 0 atom stereocenters. The molecular weight excluding hydrogens is 367 g/mol. The van der Waals surface area contributed by atoms with Crippen molar-refractivity contribution < 1.29 is 9.18 Å². The third-order valence-corrected chi connectivity index (χ3v) is 4.78. The van der Waals surface area contributed by atoms with Gasteiger partial charge in [0.1, 0.15) is 5.82 Å². The van der Waals surface area contributed by atoms with Crippen molar-refractivity contribution in [1.82, 2.24) is 25.2 Å². The molecule has 9 heteroatoms. The Morgan fingerprint density at radius 3 is 2.96 bits per heavy atom. The van der Waals surface area contributed by atoms with E-state index in [0.717, 1.165) is 23.0 Å². The third-order valence-electron chi connectivity index (χ3n) is 3.87. The summed E-state index contributed by atoms with van der Waals surface area (Å²) in [5.74, 6) is -0.174. The summed E-state index contributed by atoms with van der Waals surface area (Å²) >= 11 is 1.45. The number of hydrogen-bond acceptors (Lipinski definition) is 7. The molecule has 2 N–H and O–H groups in total. The molecule has 0 aliphatic carbocycles. The van der Waals surface area contributed by atoms with E-state index in [1.165, 1.54) is 17.4 Å². The molecule has 3 aromatic rings. The minimum Gasteiger partial charge on any atom is -0.350 e. The van der Waals surface area contributed by atoms with Crippen LogP contribution in [0.3, 0.4) is 0 Å². The zero-order valence-electron chi connectivity index (χ0n) is 15.2. The number of hydrogen-bond donors (Lipinski definition) is 2. The van der Waals surface area contributed by atoms with Gasteiger partial charge in [0.2, 0.25) is 5.95 Å². The van der Waals surface area contributed by atoms with Gasteiger partial charge >= 0.3 is 0 Å². The van der Waals surface area contributed by atoms with Crippen LogP contribution < -0.4 is 10.6 Å². The summed E-state index contributed by atoms with van der Waals surface area (Å²) in [5.41, 5.74) is 1.78. The van der Waals surface area contributed by atoms with Crippen molar-refractivity contribution in [3.8, 4) is 0 Å². The van der Waals surface area contributed by atoms with Gasteiger partial charge in [-0.05, 0) is 23.1 Å². The molecule has 0 unspecified atom stereocenters. The van der Waals surface area contributed by atoms with Gasteiger partial charge in [0.25, 0.3) is 5.91 Å². The second-order valence-corrected chi connectivity index (χ2v) is 6.54. The Labute approximate surface area is 160 Å². The van der Waals surface area contributed by atoms with Gasteiger partial charge in [-0.3, -0.25) is 15.1 Å². The van der Waals surface area contributed by atoms with Crippen molar-refractivity contribution >= 4 is 33.4 Å². The highest BCUT2D eigenvalue weighted by Gasteiger charge is 2.24. The molecule has 0 saturated carbocycles. The summed E-state index contributed by atoms with van der Waals surface area (Å²) in [6.45, 7) is 6.28. The van der Waals surface area contributed by atoms with E-state index in [0.29, 0.717) is 37.0 Å². The summed E-state index contributed by atoms with van der Waals surface area (Å²) < 4.78 is 14.0. The van der Waals surface area contributed by atoms with Crippen LogP contribution in [-0.4, -0.2) is 45.5 Å². The van der Waals surface area contributed by atoms with Crippen LogP contribution in [0.25, 0.3) is 10.2 Å². The number of nitrogens with one attached hydrogen (secondary N) is 2. The minimum absolute atomic E-state index is 0.115. The topological polar surface area (TPSA) is 83.0 Å². The molecule has 7 nitrogen and oxygen atoms in total. The zero-order valence-corrected chi connectivity index (χ0v) is 16.0. The van der Waals surface area contributed by atoms with E-state index in [-0.39, 0.29) is 5.91 Å². The number of carbonyl (C=O) groups is 1. The van der Waals surface area contributed by atoms with Crippen LogP contribution in [0.5, 0.6) is 0 Å². The maximum absolute atomic E-state index is 13.2. The van der Waals surface area contributed by atoms with Crippen LogP contribution in [0, 0.1) is 5.82 Å². The first kappa shape index (κ1) is 19.1. The Balaban J connectivity index is 0.00000102. The van der Waals surface area contributed by atoms with Crippen LogP contribution in [0.1, 0.15) is 29.9 Å². The van der Waals surface area contributed by atoms with Crippen molar-refractivity contribution in [2.75, 3.05) is 25.1 Å². The molecule has 0 radical (unpaired) electrons. The van der Waals surface area contributed by atoms with E-state index in [1.807, 2.05) is 25.3 Å². The molecule has 0 aromatic carbocycles. The second kappa shape index (κ2) is 8.83. The smallest absolute Gasteiger partial charge is 0.275 e. The predicted octanol–water partition coefficient (Wildman–Crippen LogP) is 2.87. The van der Waals surface area contributed by atoms with Crippen molar-refractivity contribution in [3.05, 3.63) is 47.0 Å². The quantitative estimate of drug-likeness (QED) is 0.715. The molecule has 142 valence electrons. The van der Waals surface area contributed by atoms with Crippen molar-refractivity contribution in [2.45, 2.75) is 20.4 Å². The van der Waals surface area contributed by atoms with Gasteiger partial charge in [-0.2, -0.15) is 0 Å². The lowest BCUT2D eigenvalue weighted by atomic mass is 10.3. The molecule has 1 aliphatic heterocycles. The largest absolute Gasteiger partial charge is 0.350 e. The zero-order chi connectivity index (χ0) is 19.2. The van der Waals surface area contributed by atoms with Crippen LogP contribution in [0.15, 0.2) is 29.9 Å². The van der Waals surface area contributed by atoms with Crippen LogP contribution >= 0.6 is 11.3 Å². The van der Waals surface area contributed by atoms with E-state index in [1.54, 1.807) is 11.1 Å². The van der Waals surface area contributed by atoms with Crippen LogP contribution in [-0.2, 0) is 6.54 Å². The predicted molar refractivity (Wildman–Crippen MR) is 104 cm³/mol. The van der Waals surface area contributed by atoms with Gasteiger partial charge < -0.3 is 10.2 Å². The number of halogens is 1. The first-order valence-electron chi connectivity index (χ1n) is 8.79. The summed E-state index contributed by atoms with van der Waals surface area (Å²) in [6.07, 6.45) is 2.72. The fourth-order valence-corrected chi connectivity index (χ4v) is 3.46. The van der Waals surface area contributed by atoms with Gasteiger partial charge in [-0.25, -0.2) is 14.4 Å². The highest BCUT2D eigenvalue weighted by molar-refractivity contribution is 7.17. The number of anilines is 1. The molecule has 0 spiro atoms. The van der Waals surface area contributed by atoms with Crippen molar-refractivity contribution in [3.63, 3.8) is 0 Å². The number of pyridine rings is 1. The van der Waals surface area contributed by atoms with E-state index < -0.39 is 5.82 Å². The number of nitrogens with zero attached hydrogens (tertiary/aromatic N) is 4. The molecule has 3 aromatic heterocycles. The molecule has 27 heavy (non-hydrogen) atoms. The molecule has 4 heterocycles. The average Bonchev–Trinajstić information content (AvgIpc) is 3.38. The highest BCUT2D eigenvalue weighted by Crippen LogP contribution is 2.25. The molecule has 1 fully saturated rings.